The molecule has 1 aromatic heterocycles. The molecule has 0 radical (unpaired) electrons. The van der Waals surface area contributed by atoms with E-state index >= 15 is 0 Å². The number of aromatic nitrogens is 2. The first-order chi connectivity index (χ1) is 9.06. The van der Waals surface area contributed by atoms with Crippen molar-refractivity contribution in [3.05, 3.63) is 17.0 Å². The molecule has 1 amide bonds. The fourth-order valence-corrected chi connectivity index (χ4v) is 3.66. The van der Waals surface area contributed by atoms with E-state index in [1.54, 1.807) is 0 Å². The Morgan fingerprint density at radius 3 is 2.74 bits per heavy atom. The first-order valence-electron chi connectivity index (χ1n) is 7.12. The number of nitrogens with zero attached hydrogens (tertiary/aromatic N) is 2. The van der Waals surface area contributed by atoms with Gasteiger partial charge < -0.3 is 10.6 Å². The Labute approximate surface area is 113 Å². The molecule has 1 aromatic rings. The summed E-state index contributed by atoms with van der Waals surface area (Å²) >= 11 is 0. The summed E-state index contributed by atoms with van der Waals surface area (Å²) in [5.74, 6) is 1.38. The van der Waals surface area contributed by atoms with Gasteiger partial charge in [-0.3, -0.25) is 9.89 Å². The normalized spacial score (nSPS) is 30.5. The molecule has 0 spiro atoms. The van der Waals surface area contributed by atoms with Crippen molar-refractivity contribution in [1.29, 1.82) is 0 Å². The number of nitrogens with one attached hydrogen (secondary N) is 1. The molecule has 2 heterocycles. The maximum absolute atomic E-state index is 12.6. The van der Waals surface area contributed by atoms with Gasteiger partial charge in [-0.05, 0) is 44.9 Å². The number of carbonyl (C=O) groups excluding carboxylic acids is 1. The molecule has 1 saturated carbocycles. The maximum atomic E-state index is 12.6. The van der Waals surface area contributed by atoms with Crippen molar-refractivity contribution in [1.82, 2.24) is 15.1 Å². The van der Waals surface area contributed by atoms with Crippen LogP contribution in [-0.4, -0.2) is 40.1 Å². The smallest absolute Gasteiger partial charge is 0.257 e. The predicted molar refractivity (Wildman–Crippen MR) is 72.8 cm³/mol. The van der Waals surface area contributed by atoms with Crippen molar-refractivity contribution in [3.8, 4) is 0 Å². The lowest BCUT2D eigenvalue weighted by molar-refractivity contribution is 0.0782. The lowest BCUT2D eigenvalue weighted by Crippen LogP contribution is -2.32. The van der Waals surface area contributed by atoms with Crippen molar-refractivity contribution in [2.75, 3.05) is 13.1 Å². The number of amides is 1. The summed E-state index contributed by atoms with van der Waals surface area (Å²) in [7, 11) is 0. The minimum absolute atomic E-state index is 0.131. The number of fused-ring (bicyclic) bond motifs is 1. The molecule has 104 valence electrons. The molecule has 19 heavy (non-hydrogen) atoms. The van der Waals surface area contributed by atoms with Gasteiger partial charge in [0.25, 0.3) is 5.91 Å². The van der Waals surface area contributed by atoms with Gasteiger partial charge in [0, 0.05) is 24.8 Å². The topological polar surface area (TPSA) is 75.0 Å². The maximum Gasteiger partial charge on any atom is 0.257 e. The summed E-state index contributed by atoms with van der Waals surface area (Å²) in [5, 5.41) is 7.01. The number of aryl methyl sites for hydroxylation is 2. The second-order valence-corrected chi connectivity index (χ2v) is 6.11. The van der Waals surface area contributed by atoms with Crippen molar-refractivity contribution in [2.45, 2.75) is 39.2 Å². The van der Waals surface area contributed by atoms with Gasteiger partial charge in [-0.2, -0.15) is 5.10 Å². The largest absolute Gasteiger partial charge is 0.338 e. The molecule has 5 nitrogen and oxygen atoms in total. The molecule has 1 aliphatic heterocycles. The first-order valence-corrected chi connectivity index (χ1v) is 7.12. The van der Waals surface area contributed by atoms with E-state index in [1.165, 1.54) is 6.42 Å². The van der Waals surface area contributed by atoms with Gasteiger partial charge in [0.05, 0.1) is 11.3 Å². The van der Waals surface area contributed by atoms with E-state index < -0.39 is 0 Å². The molecule has 1 aliphatic carbocycles. The van der Waals surface area contributed by atoms with Crippen LogP contribution >= 0.6 is 0 Å². The van der Waals surface area contributed by atoms with Crippen LogP contribution in [-0.2, 0) is 0 Å². The van der Waals surface area contributed by atoms with Crippen LogP contribution in [0.3, 0.4) is 0 Å². The van der Waals surface area contributed by atoms with E-state index in [0.717, 1.165) is 42.9 Å². The Kier molecular flexibility index (Phi) is 3.09. The van der Waals surface area contributed by atoms with Crippen molar-refractivity contribution < 1.29 is 4.79 Å². The molecular formula is C14H22N4O. The van der Waals surface area contributed by atoms with Crippen LogP contribution in [0.5, 0.6) is 0 Å². The van der Waals surface area contributed by atoms with Crippen molar-refractivity contribution in [2.24, 2.45) is 17.6 Å². The highest BCUT2D eigenvalue weighted by molar-refractivity contribution is 5.96. The zero-order valence-electron chi connectivity index (χ0n) is 11.6. The van der Waals surface area contributed by atoms with E-state index in [0.29, 0.717) is 17.9 Å². The number of aromatic amines is 1. The molecule has 1 unspecified atom stereocenters. The zero-order valence-corrected chi connectivity index (χ0v) is 11.6. The van der Waals surface area contributed by atoms with Gasteiger partial charge in [0.15, 0.2) is 0 Å². The summed E-state index contributed by atoms with van der Waals surface area (Å²) < 4.78 is 0. The third-order valence-corrected chi connectivity index (χ3v) is 4.72. The summed E-state index contributed by atoms with van der Waals surface area (Å²) in [6, 6.07) is 0.327. The average Bonchev–Trinajstić information content (AvgIpc) is 2.92. The molecule has 2 aliphatic rings. The molecule has 5 heteroatoms. The molecule has 3 rings (SSSR count). The van der Waals surface area contributed by atoms with Gasteiger partial charge in [-0.1, -0.05) is 0 Å². The average molecular weight is 262 g/mol. The van der Waals surface area contributed by atoms with Gasteiger partial charge in [0.2, 0.25) is 0 Å². The summed E-state index contributed by atoms with van der Waals surface area (Å²) in [4.78, 5) is 14.6. The summed E-state index contributed by atoms with van der Waals surface area (Å²) in [5.41, 5.74) is 8.46. The van der Waals surface area contributed by atoms with E-state index in [4.69, 9.17) is 5.73 Å². The van der Waals surface area contributed by atoms with Crippen LogP contribution in [0.25, 0.3) is 0 Å². The minimum atomic E-state index is 0.131. The van der Waals surface area contributed by atoms with Crippen molar-refractivity contribution in [3.63, 3.8) is 0 Å². The number of carbonyl (C=O) groups is 1. The lowest BCUT2D eigenvalue weighted by Gasteiger charge is -2.27. The molecule has 3 atom stereocenters. The van der Waals surface area contributed by atoms with Crippen LogP contribution in [0, 0.1) is 25.7 Å². The van der Waals surface area contributed by atoms with E-state index in [1.807, 2.05) is 18.7 Å². The second kappa shape index (κ2) is 4.63. The van der Waals surface area contributed by atoms with Crippen LogP contribution in [0.1, 0.15) is 41.0 Å². The third-order valence-electron chi connectivity index (χ3n) is 4.72. The quantitative estimate of drug-likeness (QED) is 0.799. The molecule has 3 N–H and O–H groups in total. The van der Waals surface area contributed by atoms with Gasteiger partial charge in [-0.15, -0.1) is 0 Å². The van der Waals surface area contributed by atoms with E-state index in [-0.39, 0.29) is 5.91 Å². The summed E-state index contributed by atoms with van der Waals surface area (Å²) in [6.45, 7) is 5.55. The third kappa shape index (κ3) is 2.16. The molecule has 0 aromatic carbocycles. The first kappa shape index (κ1) is 12.7. The highest BCUT2D eigenvalue weighted by Gasteiger charge is 2.39. The minimum Gasteiger partial charge on any atom is -0.338 e. The predicted octanol–water partition coefficient (Wildman–Crippen LogP) is 1.23. The lowest BCUT2D eigenvalue weighted by atomic mass is 9.79. The Morgan fingerprint density at radius 1 is 1.32 bits per heavy atom. The number of nitrogens with two attached hydrogens (primary N) is 1. The van der Waals surface area contributed by atoms with Crippen LogP contribution in [0.4, 0.5) is 0 Å². The monoisotopic (exact) mass is 262 g/mol. The SMILES string of the molecule is Cc1n[nH]c(C)c1C(=O)N1C[C@H]2CCC(N)C[C@H]2C1. The Morgan fingerprint density at radius 2 is 2.05 bits per heavy atom. The number of hydrogen-bond donors (Lipinski definition) is 2. The van der Waals surface area contributed by atoms with Gasteiger partial charge in [-0.25, -0.2) is 0 Å². The number of likely N-dealkylation sites (tertiary alicyclic amines) is 1. The fourth-order valence-electron chi connectivity index (χ4n) is 3.66. The number of H-pyrrole nitrogens is 1. The fraction of sp³-hybridized carbons (Fsp3) is 0.714. The molecular weight excluding hydrogens is 240 g/mol. The molecule has 1 saturated heterocycles. The molecule has 0 bridgehead atoms. The van der Waals surface area contributed by atoms with Gasteiger partial charge >= 0.3 is 0 Å². The Bertz CT molecular complexity index is 476. The van der Waals surface area contributed by atoms with Crippen LogP contribution in [0.2, 0.25) is 0 Å². The zero-order chi connectivity index (χ0) is 13.6. The van der Waals surface area contributed by atoms with E-state index in [2.05, 4.69) is 10.2 Å². The van der Waals surface area contributed by atoms with Crippen molar-refractivity contribution >= 4 is 5.91 Å². The van der Waals surface area contributed by atoms with Crippen LogP contribution in [0.15, 0.2) is 0 Å². The van der Waals surface area contributed by atoms with Crippen LogP contribution < -0.4 is 5.73 Å². The number of rotatable bonds is 1. The van der Waals surface area contributed by atoms with Gasteiger partial charge in [0.1, 0.15) is 0 Å². The number of hydrogen-bond acceptors (Lipinski definition) is 3. The molecule has 2 fully saturated rings. The standard InChI is InChI=1S/C14H22N4O/c1-8-13(9(2)17-16-8)14(19)18-6-10-3-4-12(15)5-11(10)7-18/h10-12H,3-7,15H2,1-2H3,(H,16,17)/t10-,11+,12?/m1/s1. The Hall–Kier alpha value is -1.36. The van der Waals surface area contributed by atoms with E-state index in [9.17, 15) is 4.79 Å². The summed E-state index contributed by atoms with van der Waals surface area (Å²) in [6.07, 6.45) is 3.34. The Balaban J connectivity index is 1.76. The second-order valence-electron chi connectivity index (χ2n) is 6.11. The highest BCUT2D eigenvalue weighted by Crippen LogP contribution is 2.36. The highest BCUT2D eigenvalue weighted by atomic mass is 16.2.